The fourth-order valence-electron chi connectivity index (χ4n) is 2.60. The number of imidazole rings is 1. The highest BCUT2D eigenvalue weighted by molar-refractivity contribution is 8.00. The molecule has 1 aromatic heterocycles. The van der Waals surface area contributed by atoms with E-state index in [1.165, 1.54) is 16.1 Å². The Bertz CT molecular complexity index is 871. The van der Waals surface area contributed by atoms with Crippen molar-refractivity contribution in [3.05, 3.63) is 18.2 Å². The standard InChI is InChI=1S/C17H25N3O3S2/c1-6-19(7-2)25(22,23)14-9-10-16-15(11-14)18-17(20(16)8-3)24-13(5)12(4)21/h9-11,13H,6-8H2,1-5H3. The van der Waals surface area contributed by atoms with E-state index >= 15 is 0 Å². The summed E-state index contributed by atoms with van der Waals surface area (Å²) in [5.41, 5.74) is 1.51. The number of thioether (sulfide) groups is 1. The van der Waals surface area contributed by atoms with Gasteiger partial charge in [-0.05, 0) is 39.0 Å². The number of carbonyl (C=O) groups is 1. The summed E-state index contributed by atoms with van der Waals surface area (Å²) in [5.74, 6) is 0.0875. The van der Waals surface area contributed by atoms with Crippen LogP contribution in [0.1, 0.15) is 34.6 Å². The summed E-state index contributed by atoms with van der Waals surface area (Å²) >= 11 is 1.40. The number of rotatable bonds is 8. The molecule has 0 saturated heterocycles. The Labute approximate surface area is 153 Å². The monoisotopic (exact) mass is 383 g/mol. The van der Waals surface area contributed by atoms with Crippen molar-refractivity contribution in [2.75, 3.05) is 13.1 Å². The van der Waals surface area contributed by atoms with Crippen LogP contribution in [0.5, 0.6) is 0 Å². The lowest BCUT2D eigenvalue weighted by Crippen LogP contribution is -2.30. The first-order chi connectivity index (χ1) is 11.8. The highest BCUT2D eigenvalue weighted by Gasteiger charge is 2.23. The molecular formula is C17H25N3O3S2. The van der Waals surface area contributed by atoms with Crippen molar-refractivity contribution in [2.24, 2.45) is 0 Å². The van der Waals surface area contributed by atoms with Gasteiger partial charge in [0.1, 0.15) is 5.78 Å². The molecule has 25 heavy (non-hydrogen) atoms. The van der Waals surface area contributed by atoms with Gasteiger partial charge in [0, 0.05) is 19.6 Å². The minimum Gasteiger partial charge on any atom is -0.319 e. The Morgan fingerprint density at radius 1 is 1.28 bits per heavy atom. The highest BCUT2D eigenvalue weighted by Crippen LogP contribution is 2.29. The molecule has 0 aliphatic rings. The predicted molar refractivity (Wildman–Crippen MR) is 102 cm³/mol. The number of aromatic nitrogens is 2. The van der Waals surface area contributed by atoms with Crippen LogP contribution in [-0.2, 0) is 21.4 Å². The van der Waals surface area contributed by atoms with Crippen LogP contribution in [-0.4, -0.2) is 46.4 Å². The molecule has 2 aromatic rings. The molecule has 1 aromatic carbocycles. The van der Waals surface area contributed by atoms with Gasteiger partial charge in [0.15, 0.2) is 5.16 Å². The summed E-state index contributed by atoms with van der Waals surface area (Å²) in [6.07, 6.45) is 0. The van der Waals surface area contributed by atoms with Crippen LogP contribution in [0, 0.1) is 0 Å². The third-order valence-corrected chi connectivity index (χ3v) is 7.45. The van der Waals surface area contributed by atoms with Gasteiger partial charge in [0.05, 0.1) is 21.2 Å². The van der Waals surface area contributed by atoms with Crippen molar-refractivity contribution < 1.29 is 13.2 Å². The Morgan fingerprint density at radius 3 is 2.44 bits per heavy atom. The van der Waals surface area contributed by atoms with Gasteiger partial charge < -0.3 is 4.57 Å². The number of hydrogen-bond acceptors (Lipinski definition) is 5. The molecule has 0 radical (unpaired) electrons. The maximum Gasteiger partial charge on any atom is 0.243 e. The second kappa shape index (κ2) is 7.88. The van der Waals surface area contributed by atoms with Gasteiger partial charge in [-0.2, -0.15) is 4.31 Å². The van der Waals surface area contributed by atoms with Crippen molar-refractivity contribution in [2.45, 2.75) is 56.5 Å². The van der Waals surface area contributed by atoms with Crippen molar-refractivity contribution in [3.8, 4) is 0 Å². The molecule has 0 fully saturated rings. The molecule has 6 nitrogen and oxygen atoms in total. The first-order valence-corrected chi connectivity index (χ1v) is 10.8. The molecule has 1 unspecified atom stereocenters. The van der Waals surface area contributed by atoms with E-state index in [2.05, 4.69) is 4.98 Å². The van der Waals surface area contributed by atoms with E-state index in [4.69, 9.17) is 0 Å². The van der Waals surface area contributed by atoms with Crippen LogP contribution < -0.4 is 0 Å². The van der Waals surface area contributed by atoms with Crippen LogP contribution in [0.15, 0.2) is 28.3 Å². The molecular weight excluding hydrogens is 358 g/mol. The Hall–Kier alpha value is -1.38. The number of sulfonamides is 1. The fraction of sp³-hybridized carbons (Fsp3) is 0.529. The molecule has 0 bridgehead atoms. The first-order valence-electron chi connectivity index (χ1n) is 8.43. The van der Waals surface area contributed by atoms with Crippen molar-refractivity contribution in [1.82, 2.24) is 13.9 Å². The van der Waals surface area contributed by atoms with Gasteiger partial charge in [-0.15, -0.1) is 0 Å². The zero-order valence-corrected chi connectivity index (χ0v) is 16.9. The number of carbonyl (C=O) groups excluding carboxylic acids is 1. The summed E-state index contributed by atoms with van der Waals surface area (Å²) in [6.45, 7) is 10.6. The van der Waals surface area contributed by atoms with Gasteiger partial charge >= 0.3 is 0 Å². The Balaban J connectivity index is 2.52. The second-order valence-electron chi connectivity index (χ2n) is 5.75. The molecule has 138 valence electrons. The lowest BCUT2D eigenvalue weighted by molar-refractivity contribution is -0.116. The Kier molecular flexibility index (Phi) is 6.29. The smallest absolute Gasteiger partial charge is 0.243 e. The quantitative estimate of drug-likeness (QED) is 0.655. The van der Waals surface area contributed by atoms with Crippen molar-refractivity contribution in [1.29, 1.82) is 0 Å². The maximum absolute atomic E-state index is 12.7. The molecule has 0 saturated carbocycles. The molecule has 0 amide bonds. The van der Waals surface area contributed by atoms with E-state index in [1.807, 2.05) is 32.3 Å². The zero-order valence-electron chi connectivity index (χ0n) is 15.3. The summed E-state index contributed by atoms with van der Waals surface area (Å²) in [4.78, 5) is 16.4. The van der Waals surface area contributed by atoms with E-state index in [1.54, 1.807) is 25.1 Å². The number of nitrogens with zero attached hydrogens (tertiary/aromatic N) is 3. The van der Waals surface area contributed by atoms with Crippen molar-refractivity contribution >= 4 is 38.6 Å². The zero-order chi connectivity index (χ0) is 18.8. The van der Waals surface area contributed by atoms with E-state index in [0.717, 1.165) is 10.7 Å². The average molecular weight is 384 g/mol. The summed E-state index contributed by atoms with van der Waals surface area (Å²) in [7, 11) is -3.52. The predicted octanol–water partition coefficient (Wildman–Crippen LogP) is 3.16. The number of aryl methyl sites for hydroxylation is 1. The third kappa shape index (κ3) is 3.91. The molecule has 0 N–H and O–H groups in total. The minimum atomic E-state index is -3.52. The summed E-state index contributed by atoms with van der Waals surface area (Å²) < 4.78 is 28.9. The fourth-order valence-corrected chi connectivity index (χ4v) is 5.06. The van der Waals surface area contributed by atoms with E-state index in [0.29, 0.717) is 25.2 Å². The Morgan fingerprint density at radius 2 is 1.92 bits per heavy atom. The normalized spacial score (nSPS) is 13.5. The van der Waals surface area contributed by atoms with Gasteiger partial charge in [-0.1, -0.05) is 25.6 Å². The largest absolute Gasteiger partial charge is 0.319 e. The number of fused-ring (bicyclic) bond motifs is 1. The van der Waals surface area contributed by atoms with Crippen LogP contribution in [0.25, 0.3) is 11.0 Å². The molecule has 0 aliphatic carbocycles. The highest BCUT2D eigenvalue weighted by atomic mass is 32.2. The first kappa shape index (κ1) is 19.9. The van der Waals surface area contributed by atoms with Gasteiger partial charge in [-0.3, -0.25) is 4.79 Å². The number of ketones is 1. The molecule has 0 aliphatic heterocycles. The van der Waals surface area contributed by atoms with Crippen LogP contribution >= 0.6 is 11.8 Å². The third-order valence-electron chi connectivity index (χ3n) is 4.20. The van der Waals surface area contributed by atoms with Gasteiger partial charge in [-0.25, -0.2) is 13.4 Å². The minimum absolute atomic E-state index is 0.0875. The SMILES string of the molecule is CCN(CC)S(=O)(=O)c1ccc2c(c1)nc(SC(C)C(C)=O)n2CC. The van der Waals surface area contributed by atoms with Crippen LogP contribution in [0.3, 0.4) is 0 Å². The van der Waals surface area contributed by atoms with Gasteiger partial charge in [0.2, 0.25) is 10.0 Å². The second-order valence-corrected chi connectivity index (χ2v) is 9.00. The van der Waals surface area contributed by atoms with Gasteiger partial charge in [0.25, 0.3) is 0 Å². The van der Waals surface area contributed by atoms with E-state index in [9.17, 15) is 13.2 Å². The topological polar surface area (TPSA) is 72.3 Å². The molecule has 8 heteroatoms. The molecule has 0 spiro atoms. The summed E-state index contributed by atoms with van der Waals surface area (Å²) in [6, 6.07) is 5.05. The van der Waals surface area contributed by atoms with E-state index < -0.39 is 10.0 Å². The van der Waals surface area contributed by atoms with Crippen LogP contribution in [0.4, 0.5) is 0 Å². The molecule has 1 heterocycles. The number of hydrogen-bond donors (Lipinski definition) is 0. The van der Waals surface area contributed by atoms with E-state index in [-0.39, 0.29) is 15.9 Å². The maximum atomic E-state index is 12.7. The van der Waals surface area contributed by atoms with Crippen LogP contribution in [0.2, 0.25) is 0 Å². The number of Topliss-reactive ketones (excluding diaryl/α,β-unsaturated/α-hetero) is 1. The average Bonchev–Trinajstić information content (AvgIpc) is 2.91. The number of benzene rings is 1. The molecule has 2 rings (SSSR count). The lowest BCUT2D eigenvalue weighted by atomic mass is 10.3. The van der Waals surface area contributed by atoms with Crippen molar-refractivity contribution in [3.63, 3.8) is 0 Å². The molecule has 1 atom stereocenters. The lowest BCUT2D eigenvalue weighted by Gasteiger charge is -2.18. The summed E-state index contributed by atoms with van der Waals surface area (Å²) in [5, 5.41) is 0.540.